The first-order valence-corrected chi connectivity index (χ1v) is 8.11. The summed E-state index contributed by atoms with van der Waals surface area (Å²) in [7, 11) is -2.36. The van der Waals surface area contributed by atoms with E-state index in [1.807, 2.05) is 0 Å². The Balaban J connectivity index is 2.38. The monoisotopic (exact) mass is 328 g/mol. The highest BCUT2D eigenvalue weighted by atomic mass is 32.2. The zero-order valence-electron chi connectivity index (χ0n) is 11.2. The van der Waals surface area contributed by atoms with Crippen molar-refractivity contribution in [2.24, 2.45) is 0 Å². The van der Waals surface area contributed by atoms with E-state index in [9.17, 15) is 18.5 Å². The molecule has 2 aromatic rings. The molecular weight excluding hydrogens is 316 g/mol. The molecule has 21 heavy (non-hydrogen) atoms. The van der Waals surface area contributed by atoms with E-state index in [1.165, 1.54) is 19.2 Å². The van der Waals surface area contributed by atoms with Gasteiger partial charge in [0.15, 0.2) is 5.13 Å². The van der Waals surface area contributed by atoms with Gasteiger partial charge in [-0.1, -0.05) is 0 Å². The average Bonchev–Trinajstić information content (AvgIpc) is 2.82. The Bertz CT molecular complexity index is 785. The second kappa shape index (κ2) is 5.66. The fourth-order valence-electron chi connectivity index (χ4n) is 1.62. The molecule has 0 amide bonds. The number of hydrogen-bond acceptors (Lipinski definition) is 7. The Labute approximate surface area is 125 Å². The summed E-state index contributed by atoms with van der Waals surface area (Å²) in [6.45, 7) is 1.75. The second-order valence-electron chi connectivity index (χ2n) is 4.09. The lowest BCUT2D eigenvalue weighted by Crippen LogP contribution is -2.13. The third-order valence-corrected chi connectivity index (χ3v) is 4.93. The normalized spacial score (nSPS) is 11.1. The largest absolute Gasteiger partial charge is 0.383 e. The number of aryl methyl sites for hydroxylation is 1. The maximum atomic E-state index is 12.2. The van der Waals surface area contributed by atoms with Gasteiger partial charge in [-0.3, -0.25) is 14.8 Å². The summed E-state index contributed by atoms with van der Waals surface area (Å²) in [4.78, 5) is 14.2. The summed E-state index contributed by atoms with van der Waals surface area (Å²) in [5.74, 6) is 0. The summed E-state index contributed by atoms with van der Waals surface area (Å²) < 4.78 is 26.8. The highest BCUT2D eigenvalue weighted by Crippen LogP contribution is 2.28. The first kappa shape index (κ1) is 15.2. The van der Waals surface area contributed by atoms with Crippen molar-refractivity contribution in [1.29, 1.82) is 0 Å². The van der Waals surface area contributed by atoms with Crippen LogP contribution >= 0.6 is 11.3 Å². The molecule has 0 atom stereocenters. The van der Waals surface area contributed by atoms with Crippen LogP contribution in [0.3, 0.4) is 0 Å². The predicted octanol–water partition coefficient (Wildman–Crippen LogP) is 2.20. The molecule has 1 aromatic carbocycles. The van der Waals surface area contributed by atoms with E-state index in [1.54, 1.807) is 12.3 Å². The van der Waals surface area contributed by atoms with Crippen LogP contribution < -0.4 is 10.0 Å². The number of nitrogens with zero attached hydrogens (tertiary/aromatic N) is 2. The van der Waals surface area contributed by atoms with Crippen molar-refractivity contribution < 1.29 is 13.3 Å². The topological polar surface area (TPSA) is 114 Å². The molecule has 112 valence electrons. The van der Waals surface area contributed by atoms with Gasteiger partial charge in [-0.2, -0.15) is 0 Å². The van der Waals surface area contributed by atoms with Crippen LogP contribution in [0.1, 0.15) is 5.69 Å². The number of benzene rings is 1. The van der Waals surface area contributed by atoms with Crippen LogP contribution in [-0.4, -0.2) is 25.4 Å². The molecule has 0 saturated carbocycles. The van der Waals surface area contributed by atoms with Crippen molar-refractivity contribution in [2.75, 3.05) is 17.1 Å². The zero-order chi connectivity index (χ0) is 15.6. The van der Waals surface area contributed by atoms with Crippen molar-refractivity contribution in [1.82, 2.24) is 4.98 Å². The minimum atomic E-state index is -3.84. The van der Waals surface area contributed by atoms with Crippen molar-refractivity contribution in [2.45, 2.75) is 11.8 Å². The molecule has 0 saturated heterocycles. The Morgan fingerprint density at radius 3 is 2.62 bits per heavy atom. The molecule has 0 radical (unpaired) electrons. The van der Waals surface area contributed by atoms with Crippen molar-refractivity contribution in [3.05, 3.63) is 39.4 Å². The Kier molecular flexibility index (Phi) is 4.09. The van der Waals surface area contributed by atoms with E-state index >= 15 is 0 Å². The number of nitro benzene ring substituents is 1. The quantitative estimate of drug-likeness (QED) is 0.642. The van der Waals surface area contributed by atoms with E-state index in [2.05, 4.69) is 15.0 Å². The summed E-state index contributed by atoms with van der Waals surface area (Å²) >= 11 is 1.16. The van der Waals surface area contributed by atoms with Crippen LogP contribution in [0.2, 0.25) is 0 Å². The third-order valence-electron chi connectivity index (χ3n) is 2.59. The van der Waals surface area contributed by atoms with Gasteiger partial charge in [0.2, 0.25) is 0 Å². The smallest absolute Gasteiger partial charge is 0.292 e. The van der Waals surface area contributed by atoms with Gasteiger partial charge in [-0.05, 0) is 19.1 Å². The van der Waals surface area contributed by atoms with E-state index in [-0.39, 0.29) is 21.4 Å². The van der Waals surface area contributed by atoms with Gasteiger partial charge in [0, 0.05) is 18.5 Å². The number of nitro groups is 1. The van der Waals surface area contributed by atoms with Crippen molar-refractivity contribution in [3.8, 4) is 0 Å². The summed E-state index contributed by atoms with van der Waals surface area (Å²) in [5, 5.41) is 15.4. The molecule has 1 heterocycles. The van der Waals surface area contributed by atoms with Crippen molar-refractivity contribution >= 4 is 37.9 Å². The molecule has 1 aromatic heterocycles. The van der Waals surface area contributed by atoms with Gasteiger partial charge < -0.3 is 5.32 Å². The Morgan fingerprint density at radius 1 is 1.38 bits per heavy atom. The number of aromatic nitrogens is 1. The van der Waals surface area contributed by atoms with Gasteiger partial charge in [0.05, 0.1) is 15.5 Å². The number of sulfonamides is 1. The summed E-state index contributed by atoms with van der Waals surface area (Å²) in [5.41, 5.74) is 0.636. The second-order valence-corrected chi connectivity index (χ2v) is 6.63. The van der Waals surface area contributed by atoms with Gasteiger partial charge in [-0.15, -0.1) is 11.3 Å². The lowest BCUT2D eigenvalue weighted by Gasteiger charge is -2.07. The minimum Gasteiger partial charge on any atom is -0.383 e. The molecule has 0 bridgehead atoms. The zero-order valence-corrected chi connectivity index (χ0v) is 12.8. The molecule has 8 nitrogen and oxygen atoms in total. The van der Waals surface area contributed by atoms with E-state index in [4.69, 9.17) is 0 Å². The number of nitrogens with one attached hydrogen (secondary N) is 2. The van der Waals surface area contributed by atoms with Crippen molar-refractivity contribution in [3.63, 3.8) is 0 Å². The molecule has 2 rings (SSSR count). The lowest BCUT2D eigenvalue weighted by atomic mass is 10.3. The number of rotatable bonds is 5. The summed E-state index contributed by atoms with van der Waals surface area (Å²) in [6, 6.07) is 3.54. The third kappa shape index (κ3) is 3.28. The van der Waals surface area contributed by atoms with Crippen LogP contribution in [0.5, 0.6) is 0 Å². The molecule has 0 aliphatic rings. The van der Waals surface area contributed by atoms with Gasteiger partial charge in [0.25, 0.3) is 15.7 Å². The predicted molar refractivity (Wildman–Crippen MR) is 80.3 cm³/mol. The molecule has 0 aliphatic carbocycles. The van der Waals surface area contributed by atoms with Gasteiger partial charge in [-0.25, -0.2) is 13.4 Å². The first-order chi connectivity index (χ1) is 9.83. The van der Waals surface area contributed by atoms with Crippen LogP contribution in [0.15, 0.2) is 28.5 Å². The molecule has 0 fully saturated rings. The van der Waals surface area contributed by atoms with E-state index in [0.29, 0.717) is 5.69 Å². The van der Waals surface area contributed by atoms with Crippen LogP contribution in [-0.2, 0) is 10.0 Å². The fourth-order valence-corrected chi connectivity index (χ4v) is 3.58. The number of anilines is 2. The number of thiazole rings is 1. The molecular formula is C11H12N4O4S2. The Hall–Kier alpha value is -2.20. The van der Waals surface area contributed by atoms with Crippen LogP contribution in [0.4, 0.5) is 16.5 Å². The van der Waals surface area contributed by atoms with E-state index in [0.717, 1.165) is 17.4 Å². The number of hydrogen-bond donors (Lipinski definition) is 2. The standard InChI is InChI=1S/C11H12N4O4S2/c1-7-6-20-11(13-7)14-21(18,19)8-3-4-10(15(16)17)9(5-8)12-2/h3-6,12H,1-2H3,(H,13,14). The SMILES string of the molecule is CNc1cc(S(=O)(=O)Nc2nc(C)cs2)ccc1[N+](=O)[O-]. The maximum Gasteiger partial charge on any atom is 0.292 e. The highest BCUT2D eigenvalue weighted by Gasteiger charge is 2.20. The first-order valence-electron chi connectivity index (χ1n) is 5.74. The molecule has 0 spiro atoms. The Morgan fingerprint density at radius 2 is 2.10 bits per heavy atom. The molecule has 10 heteroatoms. The van der Waals surface area contributed by atoms with E-state index < -0.39 is 14.9 Å². The maximum absolute atomic E-state index is 12.2. The minimum absolute atomic E-state index is 0.0784. The lowest BCUT2D eigenvalue weighted by molar-refractivity contribution is -0.384. The average molecular weight is 328 g/mol. The van der Waals surface area contributed by atoms with Crippen LogP contribution in [0, 0.1) is 17.0 Å². The highest BCUT2D eigenvalue weighted by molar-refractivity contribution is 7.93. The summed E-state index contributed by atoms with van der Waals surface area (Å²) in [6.07, 6.45) is 0. The molecule has 0 unspecified atom stereocenters. The van der Waals surface area contributed by atoms with Gasteiger partial charge >= 0.3 is 0 Å². The molecule has 0 aliphatic heterocycles. The molecule has 2 N–H and O–H groups in total. The van der Waals surface area contributed by atoms with Crippen LogP contribution in [0.25, 0.3) is 0 Å². The van der Waals surface area contributed by atoms with Gasteiger partial charge in [0.1, 0.15) is 5.69 Å². The fraction of sp³-hybridized carbons (Fsp3) is 0.182.